The molecule has 0 radical (unpaired) electrons. The summed E-state index contributed by atoms with van der Waals surface area (Å²) in [6.07, 6.45) is 2.40. The number of methoxy groups -OCH3 is 1. The van der Waals surface area contributed by atoms with Crippen LogP contribution in [-0.4, -0.2) is 41.9 Å². The van der Waals surface area contributed by atoms with Crippen LogP contribution < -0.4 is 5.32 Å². The van der Waals surface area contributed by atoms with E-state index in [-0.39, 0.29) is 6.04 Å². The van der Waals surface area contributed by atoms with E-state index in [1.54, 1.807) is 24.6 Å². The minimum atomic E-state index is 0.154. The molecule has 0 amide bonds. The lowest BCUT2D eigenvalue weighted by atomic mass is 10.2. The van der Waals surface area contributed by atoms with Crippen LogP contribution in [0.15, 0.2) is 28.2 Å². The third-order valence-electron chi connectivity index (χ3n) is 3.23. The second-order valence-electron chi connectivity index (χ2n) is 4.68. The van der Waals surface area contributed by atoms with Crippen LogP contribution in [0.1, 0.15) is 5.89 Å². The summed E-state index contributed by atoms with van der Waals surface area (Å²) in [5, 5.41) is 9.21. The summed E-state index contributed by atoms with van der Waals surface area (Å²) in [7, 11) is 3.56. The number of hydrogen-bond acceptors (Lipinski definition) is 7. The van der Waals surface area contributed by atoms with Crippen LogP contribution in [-0.2, 0) is 11.2 Å². The Labute approximate surface area is 126 Å². The van der Waals surface area contributed by atoms with E-state index in [0.29, 0.717) is 24.7 Å². The Morgan fingerprint density at radius 2 is 2.38 bits per heavy atom. The predicted octanol–water partition coefficient (Wildman–Crippen LogP) is 2.12. The number of aromatic nitrogens is 3. The fourth-order valence-electron chi connectivity index (χ4n) is 2.08. The molecule has 0 saturated heterocycles. The molecule has 0 saturated carbocycles. The van der Waals surface area contributed by atoms with Gasteiger partial charge in [0.15, 0.2) is 0 Å². The van der Waals surface area contributed by atoms with Crippen molar-refractivity contribution in [2.24, 2.45) is 0 Å². The first kappa shape index (κ1) is 14.1. The van der Waals surface area contributed by atoms with Crippen LogP contribution in [0.3, 0.4) is 0 Å². The van der Waals surface area contributed by atoms with Crippen molar-refractivity contribution in [2.45, 2.75) is 12.5 Å². The van der Waals surface area contributed by atoms with Crippen molar-refractivity contribution in [1.82, 2.24) is 20.4 Å². The Kier molecular flexibility index (Phi) is 4.23. The highest BCUT2D eigenvalue weighted by Crippen LogP contribution is 2.24. The highest BCUT2D eigenvalue weighted by molar-refractivity contribution is 7.17. The normalized spacial score (nSPS) is 12.9. The Morgan fingerprint density at radius 1 is 1.48 bits per heavy atom. The van der Waals surface area contributed by atoms with E-state index >= 15 is 0 Å². The van der Waals surface area contributed by atoms with Crippen LogP contribution in [0.4, 0.5) is 0 Å². The molecule has 3 rings (SSSR count). The van der Waals surface area contributed by atoms with Gasteiger partial charge in [0, 0.05) is 31.3 Å². The molecule has 3 aromatic heterocycles. The molecule has 0 spiro atoms. The number of pyridine rings is 1. The molecule has 1 unspecified atom stereocenters. The minimum absolute atomic E-state index is 0.154. The van der Waals surface area contributed by atoms with Crippen LogP contribution in [0.2, 0.25) is 0 Å². The van der Waals surface area contributed by atoms with Gasteiger partial charge in [0.25, 0.3) is 0 Å². The van der Waals surface area contributed by atoms with Crippen molar-refractivity contribution in [2.75, 3.05) is 20.8 Å². The minimum Gasteiger partial charge on any atom is -0.383 e. The zero-order chi connectivity index (χ0) is 14.7. The molecule has 0 aromatic carbocycles. The van der Waals surface area contributed by atoms with Crippen molar-refractivity contribution in [3.8, 4) is 11.4 Å². The van der Waals surface area contributed by atoms with Crippen molar-refractivity contribution < 1.29 is 9.26 Å². The molecule has 0 bridgehead atoms. The van der Waals surface area contributed by atoms with Gasteiger partial charge in [-0.1, -0.05) is 5.16 Å². The molecule has 21 heavy (non-hydrogen) atoms. The van der Waals surface area contributed by atoms with Gasteiger partial charge in [0.2, 0.25) is 11.7 Å². The summed E-state index contributed by atoms with van der Waals surface area (Å²) in [6.45, 7) is 0.594. The molecule has 7 heteroatoms. The predicted molar refractivity (Wildman–Crippen MR) is 81.3 cm³/mol. The van der Waals surface area contributed by atoms with E-state index in [2.05, 4.69) is 20.4 Å². The third-order valence-corrected chi connectivity index (χ3v) is 4.08. The standard InChI is InChI=1S/C14H16N4O2S/c1-15-10(8-19-2)6-13-17-14(18-20-13)9-5-12-11(16-7-9)3-4-21-12/h3-5,7,10,15H,6,8H2,1-2H3. The number of thiophene rings is 1. The summed E-state index contributed by atoms with van der Waals surface area (Å²) in [5.41, 5.74) is 1.86. The molecular weight excluding hydrogens is 288 g/mol. The lowest BCUT2D eigenvalue weighted by Crippen LogP contribution is -2.32. The number of ether oxygens (including phenoxy) is 1. The highest BCUT2D eigenvalue weighted by atomic mass is 32.1. The molecule has 1 N–H and O–H groups in total. The number of nitrogens with zero attached hydrogens (tertiary/aromatic N) is 3. The Morgan fingerprint density at radius 3 is 3.19 bits per heavy atom. The van der Waals surface area contributed by atoms with Crippen LogP contribution in [0.5, 0.6) is 0 Å². The molecule has 0 aliphatic heterocycles. The summed E-state index contributed by atoms with van der Waals surface area (Å²) >= 11 is 1.65. The van der Waals surface area contributed by atoms with Gasteiger partial charge < -0.3 is 14.6 Å². The number of rotatable bonds is 6. The van der Waals surface area contributed by atoms with E-state index < -0.39 is 0 Å². The first-order valence-corrected chi connectivity index (χ1v) is 7.50. The number of fused-ring (bicyclic) bond motifs is 1. The maximum Gasteiger partial charge on any atom is 0.228 e. The lowest BCUT2D eigenvalue weighted by molar-refractivity contribution is 0.165. The van der Waals surface area contributed by atoms with Gasteiger partial charge in [0.1, 0.15) is 0 Å². The average Bonchev–Trinajstić information content (AvgIpc) is 3.14. The summed E-state index contributed by atoms with van der Waals surface area (Å²) < 4.78 is 11.6. The van der Waals surface area contributed by atoms with Gasteiger partial charge in [-0.3, -0.25) is 4.98 Å². The first-order valence-electron chi connectivity index (χ1n) is 6.62. The van der Waals surface area contributed by atoms with Crippen LogP contribution in [0, 0.1) is 0 Å². The van der Waals surface area contributed by atoms with Gasteiger partial charge in [-0.05, 0) is 24.6 Å². The first-order chi connectivity index (χ1) is 10.3. The van der Waals surface area contributed by atoms with Gasteiger partial charge in [-0.2, -0.15) is 4.98 Å². The van der Waals surface area contributed by atoms with Crippen LogP contribution in [0.25, 0.3) is 21.6 Å². The van der Waals surface area contributed by atoms with E-state index in [0.717, 1.165) is 15.8 Å². The quantitative estimate of drug-likeness (QED) is 0.752. The van der Waals surface area contributed by atoms with Crippen molar-refractivity contribution in [3.05, 3.63) is 29.6 Å². The molecule has 1 atom stereocenters. The Balaban J connectivity index is 1.80. The summed E-state index contributed by atoms with van der Waals surface area (Å²) in [4.78, 5) is 8.82. The molecule has 0 aliphatic carbocycles. The topological polar surface area (TPSA) is 73.1 Å². The summed E-state index contributed by atoms with van der Waals surface area (Å²) in [5.74, 6) is 1.16. The largest absolute Gasteiger partial charge is 0.383 e. The fraction of sp³-hybridized carbons (Fsp3) is 0.357. The Hall–Kier alpha value is -1.83. The monoisotopic (exact) mass is 304 g/mol. The highest BCUT2D eigenvalue weighted by Gasteiger charge is 2.14. The maximum atomic E-state index is 5.31. The zero-order valence-corrected chi connectivity index (χ0v) is 12.7. The van der Waals surface area contributed by atoms with Crippen LogP contribution >= 0.6 is 11.3 Å². The maximum absolute atomic E-state index is 5.31. The van der Waals surface area contributed by atoms with Gasteiger partial charge >= 0.3 is 0 Å². The SMILES string of the molecule is CNC(COC)Cc1nc(-c2cnc3ccsc3c2)no1. The van der Waals surface area contributed by atoms with Gasteiger partial charge in [0.05, 0.1) is 16.8 Å². The molecule has 0 fully saturated rings. The molecule has 6 nitrogen and oxygen atoms in total. The van der Waals surface area contributed by atoms with Crippen molar-refractivity contribution in [3.63, 3.8) is 0 Å². The number of nitrogens with one attached hydrogen (secondary N) is 1. The van der Waals surface area contributed by atoms with E-state index in [4.69, 9.17) is 9.26 Å². The molecule has 3 heterocycles. The molecule has 110 valence electrons. The smallest absolute Gasteiger partial charge is 0.228 e. The zero-order valence-electron chi connectivity index (χ0n) is 11.9. The Bertz CT molecular complexity index is 724. The number of likely N-dealkylation sites (N-methyl/N-ethyl adjacent to an activating group) is 1. The van der Waals surface area contributed by atoms with E-state index in [1.165, 1.54) is 0 Å². The number of hydrogen-bond donors (Lipinski definition) is 1. The summed E-state index contributed by atoms with van der Waals surface area (Å²) in [6, 6.07) is 4.18. The third kappa shape index (κ3) is 3.10. The van der Waals surface area contributed by atoms with E-state index in [1.807, 2.05) is 24.6 Å². The van der Waals surface area contributed by atoms with Gasteiger partial charge in [-0.25, -0.2) is 0 Å². The fourth-order valence-corrected chi connectivity index (χ4v) is 2.86. The van der Waals surface area contributed by atoms with E-state index in [9.17, 15) is 0 Å². The average molecular weight is 304 g/mol. The van der Waals surface area contributed by atoms with Crippen molar-refractivity contribution in [1.29, 1.82) is 0 Å². The van der Waals surface area contributed by atoms with Gasteiger partial charge in [-0.15, -0.1) is 11.3 Å². The molecule has 0 aliphatic rings. The lowest BCUT2D eigenvalue weighted by Gasteiger charge is -2.11. The molecule has 3 aromatic rings. The van der Waals surface area contributed by atoms with Crippen molar-refractivity contribution >= 4 is 21.6 Å². The second kappa shape index (κ2) is 6.30. The molecular formula is C14H16N4O2S. The second-order valence-corrected chi connectivity index (χ2v) is 5.63.